The van der Waals surface area contributed by atoms with Crippen LogP contribution in [-0.4, -0.2) is 31.2 Å². The number of esters is 1. The van der Waals surface area contributed by atoms with E-state index in [-0.39, 0.29) is 5.97 Å². The number of methoxy groups -OCH3 is 1. The SMILES string of the molecule is COC(=O)c1cc(-c2ccc(N3CCCC3)cc2)nc2ccccc12. The lowest BCUT2D eigenvalue weighted by Crippen LogP contribution is -2.17. The molecule has 0 unspecified atom stereocenters. The first-order valence-electron chi connectivity index (χ1n) is 8.60. The molecule has 4 heteroatoms. The lowest BCUT2D eigenvalue weighted by Gasteiger charge is -2.17. The van der Waals surface area contributed by atoms with Crippen LogP contribution in [-0.2, 0) is 4.74 Å². The minimum atomic E-state index is -0.339. The van der Waals surface area contributed by atoms with Gasteiger partial charge in [-0.1, -0.05) is 30.3 Å². The normalized spacial score (nSPS) is 14.0. The van der Waals surface area contributed by atoms with Crippen LogP contribution in [0.15, 0.2) is 54.6 Å². The Morgan fingerprint density at radius 2 is 1.76 bits per heavy atom. The third kappa shape index (κ3) is 2.95. The van der Waals surface area contributed by atoms with Crippen LogP contribution in [0.2, 0.25) is 0 Å². The third-order valence-electron chi connectivity index (χ3n) is 4.76. The van der Waals surface area contributed by atoms with Crippen LogP contribution in [0, 0.1) is 0 Å². The van der Waals surface area contributed by atoms with Crippen molar-refractivity contribution in [3.8, 4) is 11.3 Å². The van der Waals surface area contributed by atoms with Crippen molar-refractivity contribution in [1.29, 1.82) is 0 Å². The summed E-state index contributed by atoms with van der Waals surface area (Å²) >= 11 is 0. The number of nitrogens with zero attached hydrogens (tertiary/aromatic N) is 2. The van der Waals surface area contributed by atoms with E-state index in [1.807, 2.05) is 30.3 Å². The fraction of sp³-hybridized carbons (Fsp3) is 0.238. The summed E-state index contributed by atoms with van der Waals surface area (Å²) < 4.78 is 4.95. The summed E-state index contributed by atoms with van der Waals surface area (Å²) in [5.74, 6) is -0.339. The van der Waals surface area contributed by atoms with Gasteiger partial charge in [0, 0.05) is 29.7 Å². The molecule has 0 atom stereocenters. The van der Waals surface area contributed by atoms with Crippen molar-refractivity contribution in [2.75, 3.05) is 25.1 Å². The molecule has 0 radical (unpaired) electrons. The number of benzene rings is 2. The molecule has 25 heavy (non-hydrogen) atoms. The molecule has 2 heterocycles. The Hall–Kier alpha value is -2.88. The average Bonchev–Trinajstić information content (AvgIpc) is 3.21. The van der Waals surface area contributed by atoms with Gasteiger partial charge in [0.05, 0.1) is 23.9 Å². The molecule has 1 aromatic heterocycles. The van der Waals surface area contributed by atoms with Crippen LogP contribution >= 0.6 is 0 Å². The Morgan fingerprint density at radius 3 is 2.48 bits per heavy atom. The molecule has 126 valence electrons. The van der Waals surface area contributed by atoms with E-state index in [2.05, 4.69) is 29.2 Å². The van der Waals surface area contributed by atoms with Crippen molar-refractivity contribution in [2.24, 2.45) is 0 Å². The Labute approximate surface area is 147 Å². The molecular weight excluding hydrogens is 312 g/mol. The first-order valence-corrected chi connectivity index (χ1v) is 8.60. The van der Waals surface area contributed by atoms with E-state index in [0.717, 1.165) is 35.2 Å². The first kappa shape index (κ1) is 15.6. The summed E-state index contributed by atoms with van der Waals surface area (Å²) in [5.41, 5.74) is 4.37. The smallest absolute Gasteiger partial charge is 0.338 e. The predicted molar refractivity (Wildman–Crippen MR) is 100.0 cm³/mol. The highest BCUT2D eigenvalue weighted by Gasteiger charge is 2.15. The standard InChI is InChI=1S/C21H20N2O2/c1-25-21(24)18-14-20(22-19-7-3-2-6-17(18)19)15-8-10-16(11-9-15)23-12-4-5-13-23/h2-3,6-11,14H,4-5,12-13H2,1H3. The van der Waals surface area contributed by atoms with Crippen LogP contribution in [0.25, 0.3) is 22.2 Å². The quantitative estimate of drug-likeness (QED) is 0.671. The van der Waals surface area contributed by atoms with E-state index in [1.165, 1.54) is 25.6 Å². The van der Waals surface area contributed by atoms with Gasteiger partial charge in [0.2, 0.25) is 0 Å². The summed E-state index contributed by atoms with van der Waals surface area (Å²) in [6.45, 7) is 2.25. The number of rotatable bonds is 3. The molecule has 4 rings (SSSR count). The summed E-state index contributed by atoms with van der Waals surface area (Å²) in [6.07, 6.45) is 2.52. The van der Waals surface area contributed by atoms with Gasteiger partial charge >= 0.3 is 5.97 Å². The molecule has 0 saturated carbocycles. The van der Waals surface area contributed by atoms with Crippen molar-refractivity contribution in [3.63, 3.8) is 0 Å². The molecule has 0 bridgehead atoms. The fourth-order valence-electron chi connectivity index (χ4n) is 3.42. The van der Waals surface area contributed by atoms with Crippen LogP contribution in [0.5, 0.6) is 0 Å². The molecule has 0 N–H and O–H groups in total. The van der Waals surface area contributed by atoms with Gasteiger partial charge in [0.1, 0.15) is 0 Å². The fourth-order valence-corrected chi connectivity index (χ4v) is 3.42. The van der Waals surface area contributed by atoms with Crippen molar-refractivity contribution in [3.05, 3.63) is 60.2 Å². The maximum Gasteiger partial charge on any atom is 0.338 e. The number of fused-ring (bicyclic) bond motifs is 1. The predicted octanol–water partition coefficient (Wildman–Crippen LogP) is 4.29. The second-order valence-corrected chi connectivity index (χ2v) is 6.30. The maximum atomic E-state index is 12.2. The number of hydrogen-bond donors (Lipinski definition) is 0. The van der Waals surface area contributed by atoms with Crippen LogP contribution in [0.4, 0.5) is 5.69 Å². The lowest BCUT2D eigenvalue weighted by atomic mass is 10.0. The number of carbonyl (C=O) groups excluding carboxylic acids is 1. The van der Waals surface area contributed by atoms with E-state index < -0.39 is 0 Å². The molecule has 1 fully saturated rings. The van der Waals surface area contributed by atoms with Gasteiger partial charge in [-0.25, -0.2) is 9.78 Å². The molecule has 2 aromatic carbocycles. The number of ether oxygens (including phenoxy) is 1. The summed E-state index contributed by atoms with van der Waals surface area (Å²) in [4.78, 5) is 19.3. The Balaban J connectivity index is 1.76. The Bertz CT molecular complexity index is 913. The van der Waals surface area contributed by atoms with Gasteiger partial charge in [-0.05, 0) is 37.1 Å². The van der Waals surface area contributed by atoms with Gasteiger partial charge in [0.15, 0.2) is 0 Å². The average molecular weight is 332 g/mol. The second kappa shape index (κ2) is 6.55. The largest absolute Gasteiger partial charge is 0.465 e. The zero-order chi connectivity index (χ0) is 17.2. The molecule has 0 spiro atoms. The highest BCUT2D eigenvalue weighted by molar-refractivity contribution is 6.04. The van der Waals surface area contributed by atoms with Gasteiger partial charge in [0.25, 0.3) is 0 Å². The summed E-state index contributed by atoms with van der Waals surface area (Å²) in [6, 6.07) is 17.9. The van der Waals surface area contributed by atoms with Crippen LogP contribution < -0.4 is 4.90 Å². The van der Waals surface area contributed by atoms with Gasteiger partial charge < -0.3 is 9.64 Å². The molecule has 1 aliphatic heterocycles. The number of anilines is 1. The van der Waals surface area contributed by atoms with Gasteiger partial charge in [-0.2, -0.15) is 0 Å². The molecular formula is C21H20N2O2. The van der Waals surface area contributed by atoms with Crippen LogP contribution in [0.3, 0.4) is 0 Å². The Morgan fingerprint density at radius 1 is 1.04 bits per heavy atom. The maximum absolute atomic E-state index is 12.2. The number of para-hydroxylation sites is 1. The zero-order valence-corrected chi connectivity index (χ0v) is 14.2. The number of carbonyl (C=O) groups is 1. The zero-order valence-electron chi connectivity index (χ0n) is 14.2. The molecule has 0 aliphatic carbocycles. The third-order valence-corrected chi connectivity index (χ3v) is 4.76. The van der Waals surface area contributed by atoms with E-state index in [1.54, 1.807) is 0 Å². The van der Waals surface area contributed by atoms with Crippen molar-refractivity contribution in [2.45, 2.75) is 12.8 Å². The van der Waals surface area contributed by atoms with E-state index >= 15 is 0 Å². The van der Waals surface area contributed by atoms with E-state index in [0.29, 0.717) is 5.56 Å². The Kier molecular flexibility index (Phi) is 4.10. The summed E-state index contributed by atoms with van der Waals surface area (Å²) in [7, 11) is 1.40. The number of pyridine rings is 1. The van der Waals surface area contributed by atoms with Crippen LogP contribution in [0.1, 0.15) is 23.2 Å². The minimum absolute atomic E-state index is 0.339. The summed E-state index contributed by atoms with van der Waals surface area (Å²) in [5, 5.41) is 0.812. The first-order chi connectivity index (χ1) is 12.3. The van der Waals surface area contributed by atoms with Crippen molar-refractivity contribution >= 4 is 22.6 Å². The second-order valence-electron chi connectivity index (χ2n) is 6.30. The van der Waals surface area contributed by atoms with Gasteiger partial charge in [-0.15, -0.1) is 0 Å². The monoisotopic (exact) mass is 332 g/mol. The highest BCUT2D eigenvalue weighted by atomic mass is 16.5. The molecule has 1 saturated heterocycles. The molecule has 1 aliphatic rings. The number of aromatic nitrogens is 1. The molecule has 3 aromatic rings. The van der Waals surface area contributed by atoms with Crippen molar-refractivity contribution < 1.29 is 9.53 Å². The topological polar surface area (TPSA) is 42.4 Å². The van der Waals surface area contributed by atoms with E-state index in [9.17, 15) is 4.79 Å². The minimum Gasteiger partial charge on any atom is -0.465 e. The van der Waals surface area contributed by atoms with Crippen molar-refractivity contribution in [1.82, 2.24) is 4.98 Å². The lowest BCUT2D eigenvalue weighted by molar-refractivity contribution is 0.0603. The number of hydrogen-bond acceptors (Lipinski definition) is 4. The molecule has 0 amide bonds. The highest BCUT2D eigenvalue weighted by Crippen LogP contribution is 2.28. The van der Waals surface area contributed by atoms with E-state index in [4.69, 9.17) is 9.72 Å². The molecule has 4 nitrogen and oxygen atoms in total. The van der Waals surface area contributed by atoms with Gasteiger partial charge in [-0.3, -0.25) is 0 Å².